The van der Waals surface area contributed by atoms with E-state index in [0.29, 0.717) is 36.9 Å². The first-order valence-corrected chi connectivity index (χ1v) is 14.5. The fourth-order valence-corrected chi connectivity index (χ4v) is 4.93. The number of carbonyl (C=O) groups excluding carboxylic acids is 2. The summed E-state index contributed by atoms with van der Waals surface area (Å²) in [6, 6.07) is 11.1. The third kappa shape index (κ3) is 7.31. The second kappa shape index (κ2) is 12.9. The zero-order valence-corrected chi connectivity index (χ0v) is 23.4. The molecule has 0 radical (unpaired) electrons. The Balaban J connectivity index is 1.94. The molecule has 1 N–H and O–H groups in total. The molecule has 11 heteroatoms. The van der Waals surface area contributed by atoms with E-state index in [4.69, 9.17) is 14.2 Å². The number of nitrogens with zero attached hydrogens (tertiary/aromatic N) is 2. The normalized spacial score (nSPS) is 14.2. The Kier molecular flexibility index (Phi) is 9.84. The average molecular weight is 548 g/mol. The summed E-state index contributed by atoms with van der Waals surface area (Å²) in [4.78, 5) is 28.5. The highest BCUT2D eigenvalue weighted by atomic mass is 32.2. The maximum absolute atomic E-state index is 13.8. The molecule has 208 valence electrons. The van der Waals surface area contributed by atoms with E-state index in [9.17, 15) is 18.0 Å². The number of carbonyl (C=O) groups is 2. The van der Waals surface area contributed by atoms with Crippen molar-refractivity contribution < 1.29 is 32.2 Å². The number of benzene rings is 2. The molecule has 10 nitrogen and oxygen atoms in total. The van der Waals surface area contributed by atoms with Crippen LogP contribution in [0.3, 0.4) is 0 Å². The lowest BCUT2D eigenvalue weighted by atomic mass is 10.1. The highest BCUT2D eigenvalue weighted by Crippen LogP contribution is 2.34. The zero-order chi connectivity index (χ0) is 27.9. The van der Waals surface area contributed by atoms with Gasteiger partial charge in [0.2, 0.25) is 21.8 Å². The number of nitrogens with one attached hydrogen (secondary N) is 1. The van der Waals surface area contributed by atoms with Crippen LogP contribution in [0.1, 0.15) is 39.2 Å². The summed E-state index contributed by atoms with van der Waals surface area (Å²) in [6.07, 6.45) is 2.13. The predicted molar refractivity (Wildman–Crippen MR) is 145 cm³/mol. The third-order valence-corrected chi connectivity index (χ3v) is 7.53. The molecule has 0 aliphatic carbocycles. The lowest BCUT2D eigenvalue weighted by Crippen LogP contribution is -2.53. The fourth-order valence-electron chi connectivity index (χ4n) is 4.09. The molecule has 1 heterocycles. The lowest BCUT2D eigenvalue weighted by molar-refractivity contribution is -0.140. The molecular weight excluding hydrogens is 510 g/mol. The van der Waals surface area contributed by atoms with Crippen molar-refractivity contribution in [3.05, 3.63) is 48.0 Å². The minimum absolute atomic E-state index is 0.0697. The molecule has 2 amide bonds. The summed E-state index contributed by atoms with van der Waals surface area (Å²) in [5.74, 6) is 0.786. The molecule has 1 aliphatic rings. The fraction of sp³-hybridized carbons (Fsp3) is 0.481. The molecule has 38 heavy (non-hydrogen) atoms. The molecule has 0 spiro atoms. The molecule has 1 aliphatic heterocycles. The standard InChI is InChI=1S/C27H37N3O7S/c1-6-19(3)28-27(32)23(7-2)29(17-20-8-11-22(35-4)12-9-20)26(31)18-30(38(5,33)34)21-10-13-24-25(16-21)37-15-14-36-24/h8-13,16,19,23H,6-7,14-15,17-18H2,1-5H3,(H,28,32)/t19-,23+/m0/s1. The van der Waals surface area contributed by atoms with E-state index in [1.54, 1.807) is 37.4 Å². The Labute approximate surface area is 224 Å². The summed E-state index contributed by atoms with van der Waals surface area (Å²) in [5, 5.41) is 2.95. The van der Waals surface area contributed by atoms with Gasteiger partial charge in [-0.1, -0.05) is 26.0 Å². The van der Waals surface area contributed by atoms with Crippen LogP contribution in [0.25, 0.3) is 0 Å². The van der Waals surface area contributed by atoms with Gasteiger partial charge in [0.25, 0.3) is 0 Å². The van der Waals surface area contributed by atoms with Crippen molar-refractivity contribution in [3.63, 3.8) is 0 Å². The summed E-state index contributed by atoms with van der Waals surface area (Å²) in [6.45, 7) is 6.06. The maximum Gasteiger partial charge on any atom is 0.244 e. The molecule has 2 atom stereocenters. The van der Waals surface area contributed by atoms with E-state index in [0.717, 1.165) is 22.5 Å². The summed E-state index contributed by atoms with van der Waals surface area (Å²) in [7, 11) is -2.29. The smallest absolute Gasteiger partial charge is 0.244 e. The van der Waals surface area contributed by atoms with E-state index < -0.39 is 28.5 Å². The van der Waals surface area contributed by atoms with Gasteiger partial charge in [0.15, 0.2) is 11.5 Å². The molecule has 2 aromatic carbocycles. The topological polar surface area (TPSA) is 114 Å². The molecule has 0 bridgehead atoms. The number of fused-ring (bicyclic) bond motifs is 1. The molecular formula is C27H37N3O7S. The number of amides is 2. The van der Waals surface area contributed by atoms with Gasteiger partial charge in [-0.05, 0) is 49.6 Å². The van der Waals surface area contributed by atoms with Gasteiger partial charge in [-0.2, -0.15) is 0 Å². The number of methoxy groups -OCH3 is 1. The van der Waals surface area contributed by atoms with Crippen molar-refractivity contribution in [3.8, 4) is 17.2 Å². The largest absolute Gasteiger partial charge is 0.497 e. The Morgan fingerprint density at radius 3 is 2.26 bits per heavy atom. The number of ether oxygens (including phenoxy) is 3. The van der Waals surface area contributed by atoms with Crippen LogP contribution >= 0.6 is 0 Å². The Morgan fingerprint density at radius 1 is 1.03 bits per heavy atom. The van der Waals surface area contributed by atoms with E-state index in [-0.39, 0.29) is 24.2 Å². The monoisotopic (exact) mass is 547 g/mol. The first kappa shape index (κ1) is 29.1. The summed E-state index contributed by atoms with van der Waals surface area (Å²) >= 11 is 0. The minimum Gasteiger partial charge on any atom is -0.497 e. The molecule has 0 aromatic heterocycles. The lowest BCUT2D eigenvalue weighted by Gasteiger charge is -2.33. The van der Waals surface area contributed by atoms with Crippen molar-refractivity contribution >= 4 is 27.5 Å². The first-order chi connectivity index (χ1) is 18.1. The highest BCUT2D eigenvalue weighted by molar-refractivity contribution is 7.92. The van der Waals surface area contributed by atoms with Crippen LogP contribution in [-0.4, -0.2) is 70.3 Å². The molecule has 2 aromatic rings. The second-order valence-corrected chi connectivity index (χ2v) is 11.1. The van der Waals surface area contributed by atoms with Crippen LogP contribution in [0.2, 0.25) is 0 Å². The van der Waals surface area contributed by atoms with Crippen molar-refractivity contribution in [2.24, 2.45) is 0 Å². The SMILES string of the molecule is CC[C@H](C(=O)N[C@@H](C)CC)N(Cc1ccc(OC)cc1)C(=O)CN(c1ccc2c(c1)OCCO2)S(C)(=O)=O. The third-order valence-electron chi connectivity index (χ3n) is 6.39. The predicted octanol–water partition coefficient (Wildman–Crippen LogP) is 2.95. The summed E-state index contributed by atoms with van der Waals surface area (Å²) < 4.78 is 43.1. The highest BCUT2D eigenvalue weighted by Gasteiger charge is 2.32. The van der Waals surface area contributed by atoms with Crippen LogP contribution in [0, 0.1) is 0 Å². The average Bonchev–Trinajstić information content (AvgIpc) is 2.90. The number of sulfonamides is 1. The minimum atomic E-state index is -3.86. The zero-order valence-electron chi connectivity index (χ0n) is 22.6. The van der Waals surface area contributed by atoms with Gasteiger partial charge >= 0.3 is 0 Å². The van der Waals surface area contributed by atoms with Gasteiger partial charge in [0.05, 0.1) is 19.1 Å². The van der Waals surface area contributed by atoms with Gasteiger partial charge < -0.3 is 24.4 Å². The number of anilines is 1. The molecule has 0 fully saturated rings. The van der Waals surface area contributed by atoms with Gasteiger partial charge in [-0.3, -0.25) is 13.9 Å². The maximum atomic E-state index is 13.8. The quantitative estimate of drug-likeness (QED) is 0.435. The van der Waals surface area contributed by atoms with Crippen LogP contribution in [0.4, 0.5) is 5.69 Å². The van der Waals surface area contributed by atoms with E-state index in [1.807, 2.05) is 32.9 Å². The number of hydrogen-bond acceptors (Lipinski definition) is 7. The van der Waals surface area contributed by atoms with Crippen LogP contribution in [-0.2, 0) is 26.2 Å². The van der Waals surface area contributed by atoms with Gasteiger partial charge in [0.1, 0.15) is 31.5 Å². The van der Waals surface area contributed by atoms with Crippen molar-refractivity contribution in [2.75, 3.05) is 37.4 Å². The second-order valence-electron chi connectivity index (χ2n) is 9.21. The molecule has 3 rings (SSSR count). The van der Waals surface area contributed by atoms with E-state index >= 15 is 0 Å². The van der Waals surface area contributed by atoms with Gasteiger partial charge in [0, 0.05) is 18.7 Å². The molecule has 0 unspecified atom stereocenters. The number of rotatable bonds is 12. The van der Waals surface area contributed by atoms with E-state index in [2.05, 4.69) is 5.32 Å². The Bertz CT molecular complexity index is 1220. The van der Waals surface area contributed by atoms with Crippen LogP contribution in [0.5, 0.6) is 17.2 Å². The first-order valence-electron chi connectivity index (χ1n) is 12.7. The van der Waals surface area contributed by atoms with Gasteiger partial charge in [-0.25, -0.2) is 8.42 Å². The Hall–Kier alpha value is -3.47. The molecule has 0 saturated carbocycles. The van der Waals surface area contributed by atoms with Crippen LogP contribution < -0.4 is 23.8 Å². The Morgan fingerprint density at radius 2 is 1.68 bits per heavy atom. The van der Waals surface area contributed by atoms with Crippen LogP contribution in [0.15, 0.2) is 42.5 Å². The van der Waals surface area contributed by atoms with Crippen molar-refractivity contribution in [2.45, 2.75) is 52.2 Å². The van der Waals surface area contributed by atoms with Crippen molar-refractivity contribution in [1.82, 2.24) is 10.2 Å². The molecule has 0 saturated heterocycles. The van der Waals surface area contributed by atoms with Gasteiger partial charge in [-0.15, -0.1) is 0 Å². The van der Waals surface area contributed by atoms with E-state index in [1.165, 1.54) is 4.90 Å². The van der Waals surface area contributed by atoms with Crippen molar-refractivity contribution in [1.29, 1.82) is 0 Å². The summed E-state index contributed by atoms with van der Waals surface area (Å²) in [5.41, 5.74) is 1.05. The number of hydrogen-bond donors (Lipinski definition) is 1.